The summed E-state index contributed by atoms with van der Waals surface area (Å²) in [5.41, 5.74) is 1.36. The fraction of sp³-hybridized carbons (Fsp3) is 0.400. The van der Waals surface area contributed by atoms with Gasteiger partial charge in [0.05, 0.1) is 0 Å². The highest BCUT2D eigenvalue weighted by Gasteiger charge is 2.23. The number of aromatic nitrogens is 3. The number of piperidine rings is 1. The third-order valence-electron chi connectivity index (χ3n) is 4.05. The van der Waals surface area contributed by atoms with Crippen LogP contribution in [0.25, 0.3) is 0 Å². The van der Waals surface area contributed by atoms with E-state index in [-0.39, 0.29) is 5.69 Å². The molecule has 3 heterocycles. The third-order valence-corrected chi connectivity index (χ3v) is 4.05. The summed E-state index contributed by atoms with van der Waals surface area (Å²) in [6, 6.07) is 7.22. The van der Waals surface area contributed by atoms with Gasteiger partial charge in [0, 0.05) is 37.9 Å². The van der Waals surface area contributed by atoms with Crippen molar-refractivity contribution in [2.75, 3.05) is 18.0 Å². The molecule has 1 N–H and O–H groups in total. The van der Waals surface area contributed by atoms with Crippen LogP contribution in [0.2, 0.25) is 0 Å². The maximum Gasteiger partial charge on any atom is 0.354 e. The Morgan fingerprint density at radius 2 is 2.05 bits per heavy atom. The molecule has 0 spiro atoms. The molecule has 0 saturated carbocycles. The maximum atomic E-state index is 11.0. The predicted octanol–water partition coefficient (Wildman–Crippen LogP) is 1.90. The van der Waals surface area contributed by atoms with Crippen molar-refractivity contribution >= 4 is 11.8 Å². The highest BCUT2D eigenvalue weighted by Crippen LogP contribution is 2.29. The van der Waals surface area contributed by atoms with E-state index in [0.717, 1.165) is 31.7 Å². The second-order valence-corrected chi connectivity index (χ2v) is 5.33. The molecule has 0 bridgehead atoms. The Hall–Kier alpha value is -2.37. The molecule has 0 aliphatic carbocycles. The van der Waals surface area contributed by atoms with Crippen molar-refractivity contribution in [1.82, 2.24) is 14.8 Å². The van der Waals surface area contributed by atoms with Crippen LogP contribution in [-0.2, 0) is 7.05 Å². The number of nitrogens with zero attached hydrogens (tertiary/aromatic N) is 4. The van der Waals surface area contributed by atoms with Gasteiger partial charge in [0.15, 0.2) is 5.69 Å². The van der Waals surface area contributed by atoms with Gasteiger partial charge in [-0.2, -0.15) is 5.10 Å². The lowest BCUT2D eigenvalue weighted by molar-refractivity contribution is 0.0690. The molecule has 6 nitrogen and oxygen atoms in total. The zero-order valence-corrected chi connectivity index (χ0v) is 11.9. The molecule has 0 radical (unpaired) electrons. The van der Waals surface area contributed by atoms with Gasteiger partial charge in [-0.15, -0.1) is 0 Å². The Morgan fingerprint density at radius 3 is 2.67 bits per heavy atom. The molecule has 0 unspecified atom stereocenters. The maximum absolute atomic E-state index is 11.0. The molecule has 3 rings (SSSR count). The molecular weight excluding hydrogens is 268 g/mol. The van der Waals surface area contributed by atoms with Crippen LogP contribution in [-0.4, -0.2) is 38.9 Å². The van der Waals surface area contributed by atoms with Crippen LogP contribution in [0.4, 0.5) is 5.82 Å². The van der Waals surface area contributed by atoms with Crippen LogP contribution in [0, 0.1) is 0 Å². The van der Waals surface area contributed by atoms with E-state index in [1.54, 1.807) is 6.07 Å². The van der Waals surface area contributed by atoms with Crippen molar-refractivity contribution in [3.8, 4) is 0 Å². The van der Waals surface area contributed by atoms with Crippen LogP contribution in [0.3, 0.4) is 0 Å². The molecule has 2 aromatic heterocycles. The van der Waals surface area contributed by atoms with Gasteiger partial charge < -0.3 is 10.0 Å². The largest absolute Gasteiger partial charge is 0.477 e. The lowest BCUT2D eigenvalue weighted by Crippen LogP contribution is -2.34. The zero-order chi connectivity index (χ0) is 14.8. The Balaban J connectivity index is 1.70. The lowest BCUT2D eigenvalue weighted by Gasteiger charge is -2.32. The average Bonchev–Trinajstić information content (AvgIpc) is 2.94. The number of carbonyl (C=O) groups is 1. The van der Waals surface area contributed by atoms with E-state index in [1.807, 2.05) is 24.0 Å². The minimum atomic E-state index is -0.985. The predicted molar refractivity (Wildman–Crippen MR) is 78.6 cm³/mol. The van der Waals surface area contributed by atoms with Gasteiger partial charge in [-0.05, 0) is 31.0 Å². The molecule has 0 atom stereocenters. The first-order valence-electron chi connectivity index (χ1n) is 7.08. The number of aromatic carboxylic acids is 1. The first-order chi connectivity index (χ1) is 10.1. The standard InChI is InChI=1S/C15H18N4O2/c1-18-13(5-8-16-18)11-6-9-19(10-7-11)14-4-2-3-12(17-14)15(20)21/h2-5,8,11H,6-7,9-10H2,1H3,(H,20,21). The Morgan fingerprint density at radius 1 is 1.29 bits per heavy atom. The lowest BCUT2D eigenvalue weighted by atomic mass is 9.93. The Bertz CT molecular complexity index is 645. The van der Waals surface area contributed by atoms with Gasteiger partial charge in [0.2, 0.25) is 0 Å². The fourth-order valence-electron chi connectivity index (χ4n) is 2.91. The zero-order valence-electron chi connectivity index (χ0n) is 11.9. The molecule has 1 aliphatic heterocycles. The van der Waals surface area contributed by atoms with E-state index in [4.69, 9.17) is 5.11 Å². The van der Waals surface area contributed by atoms with Gasteiger partial charge in [0.25, 0.3) is 0 Å². The van der Waals surface area contributed by atoms with E-state index in [1.165, 1.54) is 11.8 Å². The van der Waals surface area contributed by atoms with Crippen LogP contribution in [0.15, 0.2) is 30.5 Å². The first-order valence-corrected chi connectivity index (χ1v) is 7.08. The quantitative estimate of drug-likeness (QED) is 0.933. The number of anilines is 1. The first kappa shape index (κ1) is 13.6. The van der Waals surface area contributed by atoms with Crippen molar-refractivity contribution in [1.29, 1.82) is 0 Å². The summed E-state index contributed by atoms with van der Waals surface area (Å²) in [7, 11) is 1.97. The van der Waals surface area contributed by atoms with Gasteiger partial charge >= 0.3 is 5.97 Å². The smallest absolute Gasteiger partial charge is 0.354 e. The second kappa shape index (κ2) is 5.55. The number of rotatable bonds is 3. The molecule has 6 heteroatoms. The summed E-state index contributed by atoms with van der Waals surface area (Å²) >= 11 is 0. The summed E-state index contributed by atoms with van der Waals surface area (Å²) in [5.74, 6) is 0.274. The van der Waals surface area contributed by atoms with E-state index in [0.29, 0.717) is 5.92 Å². The van der Waals surface area contributed by atoms with Crippen molar-refractivity contribution in [2.24, 2.45) is 7.05 Å². The van der Waals surface area contributed by atoms with E-state index < -0.39 is 5.97 Å². The average molecular weight is 286 g/mol. The number of pyridine rings is 1. The molecule has 21 heavy (non-hydrogen) atoms. The van der Waals surface area contributed by atoms with E-state index >= 15 is 0 Å². The molecule has 2 aromatic rings. The summed E-state index contributed by atoms with van der Waals surface area (Å²) in [5, 5.41) is 13.2. The molecular formula is C15H18N4O2. The fourth-order valence-corrected chi connectivity index (χ4v) is 2.91. The highest BCUT2D eigenvalue weighted by atomic mass is 16.4. The number of carboxylic acids is 1. The topological polar surface area (TPSA) is 71.2 Å². The molecule has 0 aromatic carbocycles. The van der Waals surface area contributed by atoms with Crippen molar-refractivity contribution < 1.29 is 9.90 Å². The number of carboxylic acid groups (broad SMARTS) is 1. The van der Waals surface area contributed by atoms with Crippen LogP contribution in [0.5, 0.6) is 0 Å². The summed E-state index contributed by atoms with van der Waals surface area (Å²) in [6.45, 7) is 1.76. The van der Waals surface area contributed by atoms with Gasteiger partial charge in [-0.3, -0.25) is 4.68 Å². The van der Waals surface area contributed by atoms with Crippen molar-refractivity contribution in [2.45, 2.75) is 18.8 Å². The van der Waals surface area contributed by atoms with Gasteiger partial charge in [-0.25, -0.2) is 9.78 Å². The van der Waals surface area contributed by atoms with Crippen molar-refractivity contribution in [3.05, 3.63) is 41.9 Å². The highest BCUT2D eigenvalue weighted by molar-refractivity contribution is 5.85. The summed E-state index contributed by atoms with van der Waals surface area (Å²) in [6.07, 6.45) is 3.89. The van der Waals surface area contributed by atoms with Crippen molar-refractivity contribution in [3.63, 3.8) is 0 Å². The van der Waals surface area contributed by atoms with Gasteiger partial charge in [0.1, 0.15) is 5.82 Å². The van der Waals surface area contributed by atoms with Crippen LogP contribution in [0.1, 0.15) is 34.9 Å². The Kier molecular flexibility index (Phi) is 3.60. The Labute approximate surface area is 123 Å². The van der Waals surface area contributed by atoms with Gasteiger partial charge in [-0.1, -0.05) is 6.07 Å². The number of aryl methyl sites for hydroxylation is 1. The molecule has 110 valence electrons. The molecule has 0 amide bonds. The van der Waals surface area contributed by atoms with E-state index in [2.05, 4.69) is 21.0 Å². The third kappa shape index (κ3) is 2.74. The van der Waals surface area contributed by atoms with Crippen LogP contribution < -0.4 is 4.90 Å². The molecule has 1 saturated heterocycles. The monoisotopic (exact) mass is 286 g/mol. The van der Waals surface area contributed by atoms with Crippen LogP contribution >= 0.6 is 0 Å². The summed E-state index contributed by atoms with van der Waals surface area (Å²) < 4.78 is 1.93. The minimum absolute atomic E-state index is 0.0984. The molecule has 1 fully saturated rings. The minimum Gasteiger partial charge on any atom is -0.477 e. The molecule has 1 aliphatic rings. The number of hydrogen-bond acceptors (Lipinski definition) is 4. The number of hydrogen-bond donors (Lipinski definition) is 1. The SMILES string of the molecule is Cn1nccc1C1CCN(c2cccc(C(=O)O)n2)CC1. The summed E-state index contributed by atoms with van der Waals surface area (Å²) in [4.78, 5) is 17.4. The normalized spacial score (nSPS) is 16.1. The van der Waals surface area contributed by atoms with E-state index in [9.17, 15) is 4.79 Å². The second-order valence-electron chi connectivity index (χ2n) is 5.33.